The number of ether oxygens (including phenoxy) is 2. The average molecular weight is 308 g/mol. The Kier molecular flexibility index (Phi) is 4.30. The van der Waals surface area contributed by atoms with Crippen molar-refractivity contribution < 1.29 is 14.3 Å². The summed E-state index contributed by atoms with van der Waals surface area (Å²) >= 11 is 0. The summed E-state index contributed by atoms with van der Waals surface area (Å²) in [6, 6.07) is 14.2. The van der Waals surface area contributed by atoms with Gasteiger partial charge in [0.15, 0.2) is 6.10 Å². The largest absolute Gasteiger partial charge is 0.449 e. The van der Waals surface area contributed by atoms with Gasteiger partial charge < -0.3 is 9.47 Å². The minimum Gasteiger partial charge on any atom is -0.449 e. The number of esters is 1. The van der Waals surface area contributed by atoms with Crippen molar-refractivity contribution in [2.75, 3.05) is 7.11 Å². The van der Waals surface area contributed by atoms with E-state index >= 15 is 0 Å². The van der Waals surface area contributed by atoms with Gasteiger partial charge in [-0.1, -0.05) is 49.0 Å². The van der Waals surface area contributed by atoms with Crippen molar-refractivity contribution in [3.8, 4) is 0 Å². The molecule has 0 bridgehead atoms. The van der Waals surface area contributed by atoms with Crippen LogP contribution >= 0.6 is 0 Å². The molecule has 1 aliphatic rings. The summed E-state index contributed by atoms with van der Waals surface area (Å²) in [5.41, 5.74) is 5.99. The van der Waals surface area contributed by atoms with Crippen molar-refractivity contribution in [2.45, 2.75) is 26.1 Å². The molecule has 118 valence electrons. The molecule has 0 aliphatic heterocycles. The summed E-state index contributed by atoms with van der Waals surface area (Å²) in [7, 11) is 1.69. The number of hydrogen-bond donors (Lipinski definition) is 0. The van der Waals surface area contributed by atoms with Gasteiger partial charge in [-0.2, -0.15) is 0 Å². The van der Waals surface area contributed by atoms with E-state index in [0.29, 0.717) is 12.2 Å². The van der Waals surface area contributed by atoms with E-state index in [1.807, 2.05) is 30.3 Å². The van der Waals surface area contributed by atoms with Gasteiger partial charge in [-0.05, 0) is 30.0 Å². The fraction of sp³-hybridized carbons (Fsp3) is 0.250. The van der Waals surface area contributed by atoms with Gasteiger partial charge in [0.05, 0.1) is 6.61 Å². The van der Waals surface area contributed by atoms with E-state index in [9.17, 15) is 4.79 Å². The van der Waals surface area contributed by atoms with E-state index in [4.69, 9.17) is 9.47 Å². The number of carbonyl (C=O) groups is 1. The van der Waals surface area contributed by atoms with Crippen molar-refractivity contribution in [1.82, 2.24) is 0 Å². The third kappa shape index (κ3) is 2.92. The SMILES string of the molecule is C=C(C)C(=O)OC1c2ccccc2Cc2c(COC)cccc21. The van der Waals surface area contributed by atoms with Crippen LogP contribution in [0, 0.1) is 0 Å². The van der Waals surface area contributed by atoms with Gasteiger partial charge in [-0.25, -0.2) is 4.79 Å². The van der Waals surface area contributed by atoms with Gasteiger partial charge in [0.2, 0.25) is 0 Å². The topological polar surface area (TPSA) is 35.5 Å². The van der Waals surface area contributed by atoms with Crippen LogP contribution in [0.5, 0.6) is 0 Å². The first-order valence-electron chi connectivity index (χ1n) is 7.65. The lowest BCUT2D eigenvalue weighted by molar-refractivity contribution is -0.142. The summed E-state index contributed by atoms with van der Waals surface area (Å²) in [6.07, 6.45) is 0.433. The lowest BCUT2D eigenvalue weighted by atomic mass is 9.82. The molecule has 0 amide bonds. The van der Waals surface area contributed by atoms with E-state index < -0.39 is 6.10 Å². The summed E-state index contributed by atoms with van der Waals surface area (Å²) in [4.78, 5) is 12.1. The Morgan fingerprint density at radius 1 is 1.17 bits per heavy atom. The summed E-state index contributed by atoms with van der Waals surface area (Å²) < 4.78 is 11.1. The second-order valence-electron chi connectivity index (χ2n) is 5.86. The van der Waals surface area contributed by atoms with Crippen LogP contribution < -0.4 is 0 Å². The van der Waals surface area contributed by atoms with Gasteiger partial charge >= 0.3 is 5.97 Å². The molecule has 0 heterocycles. The Balaban J connectivity index is 2.10. The van der Waals surface area contributed by atoms with Gasteiger partial charge in [0, 0.05) is 23.8 Å². The van der Waals surface area contributed by atoms with Crippen molar-refractivity contribution in [3.05, 3.63) is 82.4 Å². The fourth-order valence-electron chi connectivity index (χ4n) is 3.05. The predicted octanol–water partition coefficient (Wildman–Crippen LogP) is 3.95. The number of hydrogen-bond acceptors (Lipinski definition) is 3. The van der Waals surface area contributed by atoms with E-state index in [2.05, 4.69) is 18.7 Å². The lowest BCUT2D eigenvalue weighted by Crippen LogP contribution is -2.21. The second-order valence-corrected chi connectivity index (χ2v) is 5.86. The molecule has 1 unspecified atom stereocenters. The Morgan fingerprint density at radius 2 is 1.91 bits per heavy atom. The van der Waals surface area contributed by atoms with Crippen LogP contribution in [0.25, 0.3) is 0 Å². The Bertz CT molecular complexity index is 761. The number of methoxy groups -OCH3 is 1. The Morgan fingerprint density at radius 3 is 2.65 bits per heavy atom. The highest BCUT2D eigenvalue weighted by Crippen LogP contribution is 2.39. The van der Waals surface area contributed by atoms with E-state index in [0.717, 1.165) is 23.1 Å². The van der Waals surface area contributed by atoms with E-state index in [1.54, 1.807) is 14.0 Å². The van der Waals surface area contributed by atoms with Gasteiger partial charge in [-0.15, -0.1) is 0 Å². The molecule has 3 rings (SSSR count). The average Bonchev–Trinajstić information content (AvgIpc) is 2.55. The molecule has 0 saturated heterocycles. The second kappa shape index (κ2) is 6.39. The van der Waals surface area contributed by atoms with Gasteiger partial charge in [-0.3, -0.25) is 0 Å². The monoisotopic (exact) mass is 308 g/mol. The minimum atomic E-state index is -0.393. The first kappa shape index (κ1) is 15.5. The summed E-state index contributed by atoms with van der Waals surface area (Å²) in [6.45, 7) is 5.90. The van der Waals surface area contributed by atoms with E-state index in [1.165, 1.54) is 11.1 Å². The quantitative estimate of drug-likeness (QED) is 0.634. The highest BCUT2D eigenvalue weighted by Gasteiger charge is 2.29. The van der Waals surface area contributed by atoms with Crippen molar-refractivity contribution in [2.24, 2.45) is 0 Å². The smallest absolute Gasteiger partial charge is 0.334 e. The van der Waals surface area contributed by atoms with Gasteiger partial charge in [0.1, 0.15) is 0 Å². The zero-order chi connectivity index (χ0) is 16.4. The van der Waals surface area contributed by atoms with Crippen LogP contribution in [0.2, 0.25) is 0 Å². The molecule has 2 aromatic carbocycles. The van der Waals surface area contributed by atoms with Crippen LogP contribution in [0.4, 0.5) is 0 Å². The maximum atomic E-state index is 12.1. The zero-order valence-corrected chi connectivity index (χ0v) is 13.5. The highest BCUT2D eigenvalue weighted by molar-refractivity contribution is 5.87. The lowest BCUT2D eigenvalue weighted by Gasteiger charge is -2.29. The molecule has 3 nitrogen and oxygen atoms in total. The number of benzene rings is 2. The Hall–Kier alpha value is -2.39. The third-order valence-corrected chi connectivity index (χ3v) is 4.17. The molecule has 0 N–H and O–H groups in total. The van der Waals surface area contributed by atoms with Gasteiger partial charge in [0.25, 0.3) is 0 Å². The highest BCUT2D eigenvalue weighted by atomic mass is 16.5. The fourth-order valence-corrected chi connectivity index (χ4v) is 3.05. The van der Waals surface area contributed by atoms with E-state index in [-0.39, 0.29) is 5.97 Å². The molecule has 2 aromatic rings. The van der Waals surface area contributed by atoms with Crippen LogP contribution in [0.3, 0.4) is 0 Å². The molecular weight excluding hydrogens is 288 g/mol. The predicted molar refractivity (Wildman–Crippen MR) is 89.2 cm³/mol. The van der Waals surface area contributed by atoms with Crippen LogP contribution in [0.1, 0.15) is 40.8 Å². The number of rotatable bonds is 4. The molecule has 1 atom stereocenters. The molecule has 23 heavy (non-hydrogen) atoms. The summed E-state index contributed by atoms with van der Waals surface area (Å²) in [5, 5.41) is 0. The normalized spacial score (nSPS) is 15.5. The molecule has 0 spiro atoms. The van der Waals surface area contributed by atoms with Crippen LogP contribution in [-0.4, -0.2) is 13.1 Å². The molecule has 0 fully saturated rings. The molecular formula is C20H20O3. The zero-order valence-electron chi connectivity index (χ0n) is 13.5. The molecule has 3 heteroatoms. The van der Waals surface area contributed by atoms with Crippen molar-refractivity contribution >= 4 is 5.97 Å². The molecule has 0 saturated carbocycles. The standard InChI is InChI=1S/C20H20O3/c1-13(2)20(21)23-19-16-9-5-4-7-14(16)11-18-15(12-22-3)8-6-10-17(18)19/h4-10,19H,1,11-12H2,2-3H3. The van der Waals surface area contributed by atoms with Crippen molar-refractivity contribution in [1.29, 1.82) is 0 Å². The first-order valence-corrected chi connectivity index (χ1v) is 7.65. The molecule has 1 aliphatic carbocycles. The van der Waals surface area contributed by atoms with Crippen LogP contribution in [0.15, 0.2) is 54.6 Å². The third-order valence-electron chi connectivity index (χ3n) is 4.17. The first-order chi connectivity index (χ1) is 11.1. The Labute approximate surface area is 136 Å². The minimum absolute atomic E-state index is 0.366. The maximum absolute atomic E-state index is 12.1. The van der Waals surface area contributed by atoms with Crippen molar-refractivity contribution in [3.63, 3.8) is 0 Å². The van der Waals surface area contributed by atoms with Crippen LogP contribution in [-0.2, 0) is 27.3 Å². The number of fused-ring (bicyclic) bond motifs is 2. The molecule has 0 aromatic heterocycles. The number of carbonyl (C=O) groups excluding carboxylic acids is 1. The molecule has 0 radical (unpaired) electrons. The maximum Gasteiger partial charge on any atom is 0.334 e. The summed E-state index contributed by atoms with van der Waals surface area (Å²) in [5.74, 6) is -0.366.